The molecule has 5 nitrogen and oxygen atoms in total. The summed E-state index contributed by atoms with van der Waals surface area (Å²) in [4.78, 5) is 24.9. The van der Waals surface area contributed by atoms with Crippen molar-refractivity contribution in [2.45, 2.75) is 18.3 Å². The number of thioether (sulfide) groups is 1. The normalized spacial score (nSPS) is 21.4. The Morgan fingerprint density at radius 1 is 1.42 bits per heavy atom. The Labute approximate surface area is 114 Å². The molecule has 3 rings (SSSR count). The van der Waals surface area contributed by atoms with Crippen LogP contribution in [0.3, 0.4) is 0 Å². The second kappa shape index (κ2) is 4.40. The third kappa shape index (κ3) is 1.84. The van der Waals surface area contributed by atoms with Gasteiger partial charge in [0, 0.05) is 11.4 Å². The van der Waals surface area contributed by atoms with Crippen LogP contribution < -0.4 is 5.73 Å². The number of aliphatic carboxylic acids is 1. The molecule has 0 saturated carbocycles. The number of rotatable bonds is 3. The Morgan fingerprint density at radius 2 is 2.11 bits per heavy atom. The van der Waals surface area contributed by atoms with Gasteiger partial charge in [0.15, 0.2) is 0 Å². The van der Waals surface area contributed by atoms with Crippen LogP contribution in [0.4, 0.5) is 0 Å². The van der Waals surface area contributed by atoms with Crippen molar-refractivity contribution in [3.8, 4) is 0 Å². The van der Waals surface area contributed by atoms with Gasteiger partial charge in [0.1, 0.15) is 5.70 Å². The highest BCUT2D eigenvalue weighted by Crippen LogP contribution is 2.50. The summed E-state index contributed by atoms with van der Waals surface area (Å²) in [6.45, 7) is 0.450. The van der Waals surface area contributed by atoms with Gasteiger partial charge >= 0.3 is 5.97 Å². The largest absolute Gasteiger partial charge is 0.477 e. The molecule has 0 spiro atoms. The quantitative estimate of drug-likeness (QED) is 0.811. The number of hydrogen-bond acceptors (Lipinski definition) is 4. The van der Waals surface area contributed by atoms with Crippen LogP contribution in [0.2, 0.25) is 0 Å². The van der Waals surface area contributed by atoms with Crippen LogP contribution in [0.15, 0.2) is 30.0 Å². The molecule has 3 N–H and O–H groups in total. The smallest absolute Gasteiger partial charge is 0.353 e. The molecule has 1 saturated heterocycles. The molecule has 1 amide bonds. The summed E-state index contributed by atoms with van der Waals surface area (Å²) in [5.74, 6) is -1.18. The van der Waals surface area contributed by atoms with Gasteiger partial charge in [-0.05, 0) is 11.1 Å². The lowest BCUT2D eigenvalue weighted by molar-refractivity contribution is -0.145. The maximum Gasteiger partial charge on any atom is 0.353 e. The zero-order valence-electron chi connectivity index (χ0n) is 10.00. The summed E-state index contributed by atoms with van der Waals surface area (Å²) >= 11 is 1.44. The number of hydrogen-bond donors (Lipinski definition) is 2. The van der Waals surface area contributed by atoms with E-state index in [-0.39, 0.29) is 17.0 Å². The first-order valence-corrected chi connectivity index (χ1v) is 6.75. The molecule has 0 bridgehead atoms. The third-order valence-electron chi connectivity index (χ3n) is 3.27. The average Bonchev–Trinajstić information content (AvgIpc) is 2.72. The van der Waals surface area contributed by atoms with Crippen molar-refractivity contribution in [3.63, 3.8) is 0 Å². The van der Waals surface area contributed by atoms with Crippen LogP contribution in [-0.2, 0) is 16.1 Å². The van der Waals surface area contributed by atoms with Crippen LogP contribution in [0.25, 0.3) is 4.91 Å². The van der Waals surface area contributed by atoms with Crippen LogP contribution in [0.1, 0.15) is 17.5 Å². The number of nitrogens with zero attached hydrogens (tertiary/aromatic N) is 1. The summed E-state index contributed by atoms with van der Waals surface area (Å²) in [5, 5.41) is 9.25. The zero-order chi connectivity index (χ0) is 13.6. The molecular weight excluding hydrogens is 264 g/mol. The predicted octanol–water partition coefficient (Wildman–Crippen LogP) is 1.20. The fourth-order valence-corrected chi connectivity index (χ4v) is 3.64. The lowest BCUT2D eigenvalue weighted by atomic mass is 10.1. The number of nitrogens with two attached hydrogens (primary N) is 1. The third-order valence-corrected chi connectivity index (χ3v) is 4.58. The van der Waals surface area contributed by atoms with E-state index in [4.69, 9.17) is 5.73 Å². The van der Waals surface area contributed by atoms with Crippen molar-refractivity contribution < 1.29 is 14.7 Å². The monoisotopic (exact) mass is 276 g/mol. The summed E-state index contributed by atoms with van der Waals surface area (Å²) in [6.07, 6.45) is 0.409. The van der Waals surface area contributed by atoms with Crippen molar-refractivity contribution in [1.82, 2.24) is 4.90 Å². The van der Waals surface area contributed by atoms with E-state index in [1.165, 1.54) is 16.7 Å². The molecule has 98 valence electrons. The molecule has 0 aromatic heterocycles. The van der Waals surface area contributed by atoms with E-state index in [2.05, 4.69) is 0 Å². The van der Waals surface area contributed by atoms with Crippen LogP contribution in [0, 0.1) is 0 Å². The molecule has 2 heterocycles. The predicted molar refractivity (Wildman–Crippen MR) is 71.7 cm³/mol. The maximum absolute atomic E-state index is 11.5. The highest BCUT2D eigenvalue weighted by molar-refractivity contribution is 8.09. The molecule has 2 aliphatic rings. The minimum Gasteiger partial charge on any atom is -0.477 e. The summed E-state index contributed by atoms with van der Waals surface area (Å²) in [6, 6.07) is 7.45. The first kappa shape index (κ1) is 12.3. The second-order valence-corrected chi connectivity index (χ2v) is 5.61. The molecule has 1 aromatic rings. The van der Waals surface area contributed by atoms with Crippen molar-refractivity contribution in [2.75, 3.05) is 0 Å². The van der Waals surface area contributed by atoms with E-state index in [1.54, 1.807) is 0 Å². The Kier molecular flexibility index (Phi) is 2.83. The van der Waals surface area contributed by atoms with E-state index < -0.39 is 5.97 Å². The second-order valence-electron chi connectivity index (χ2n) is 4.42. The van der Waals surface area contributed by atoms with Crippen LogP contribution >= 0.6 is 11.8 Å². The van der Waals surface area contributed by atoms with Crippen molar-refractivity contribution in [2.24, 2.45) is 5.73 Å². The number of fused-ring (bicyclic) bond motifs is 1. The minimum absolute atomic E-state index is 0.0530. The molecule has 0 unspecified atom stereocenters. The molecule has 1 atom stereocenters. The molecule has 1 aromatic carbocycles. The van der Waals surface area contributed by atoms with E-state index in [9.17, 15) is 14.7 Å². The van der Waals surface area contributed by atoms with Gasteiger partial charge in [0.25, 0.3) is 0 Å². The summed E-state index contributed by atoms with van der Waals surface area (Å²) in [5.41, 5.74) is 7.45. The number of carboxylic acids is 1. The van der Waals surface area contributed by atoms with Gasteiger partial charge in [0.2, 0.25) is 5.91 Å². The van der Waals surface area contributed by atoms with Gasteiger partial charge in [-0.15, -0.1) is 0 Å². The molecule has 0 aliphatic carbocycles. The topological polar surface area (TPSA) is 83.6 Å². The van der Waals surface area contributed by atoms with Crippen molar-refractivity contribution >= 4 is 28.5 Å². The molecular formula is C13H12N2O3S. The molecule has 0 radical (unpaired) electrons. The first-order valence-electron chi connectivity index (χ1n) is 5.87. The number of benzene rings is 1. The highest BCUT2D eigenvalue weighted by Gasteiger charge is 2.48. The van der Waals surface area contributed by atoms with E-state index in [1.807, 2.05) is 24.3 Å². The molecule has 2 aliphatic heterocycles. The van der Waals surface area contributed by atoms with E-state index >= 15 is 0 Å². The average molecular weight is 276 g/mol. The molecule has 6 heteroatoms. The summed E-state index contributed by atoms with van der Waals surface area (Å²) < 4.78 is 0. The van der Waals surface area contributed by atoms with Gasteiger partial charge in [-0.1, -0.05) is 36.0 Å². The van der Waals surface area contributed by atoms with Gasteiger partial charge in [-0.25, -0.2) is 4.79 Å². The number of carboxylic acid groups (broad SMARTS) is 1. The fourth-order valence-electron chi connectivity index (χ4n) is 2.25. The van der Waals surface area contributed by atoms with Gasteiger partial charge in [-0.3, -0.25) is 9.69 Å². The Bertz CT molecular complexity index is 594. The van der Waals surface area contributed by atoms with E-state index in [0.29, 0.717) is 17.9 Å². The molecule has 1 fully saturated rings. The lowest BCUT2D eigenvalue weighted by Gasteiger charge is -2.33. The number of carbonyl (C=O) groups excluding carboxylic acids is 1. The van der Waals surface area contributed by atoms with Crippen LogP contribution in [-0.4, -0.2) is 27.3 Å². The minimum atomic E-state index is -1.05. The number of β-lactam (4-membered cyclic amide) rings is 1. The van der Waals surface area contributed by atoms with E-state index in [0.717, 1.165) is 11.1 Å². The van der Waals surface area contributed by atoms with Gasteiger partial charge < -0.3 is 10.8 Å². The first-order chi connectivity index (χ1) is 9.11. The number of carbonyl (C=O) groups is 2. The standard InChI is InChI=1S/C13H12N2O3S/c14-6-7-1-3-8(4-2-7)12-11(13(17)18)15-9(16)5-10(15)19-12/h1-4,10H,5-6,14H2,(H,17,18)/t10-/m1/s1. The highest BCUT2D eigenvalue weighted by atomic mass is 32.2. The Balaban J connectivity index is 2.03. The Hall–Kier alpha value is -1.79. The summed E-state index contributed by atoms with van der Waals surface area (Å²) in [7, 11) is 0. The number of amides is 1. The lowest BCUT2D eigenvalue weighted by Crippen LogP contribution is -2.48. The SMILES string of the molecule is NCc1ccc(C2=C(C(=O)O)N3C(=O)C[C@H]3S2)cc1. The Morgan fingerprint density at radius 3 is 2.63 bits per heavy atom. The van der Waals surface area contributed by atoms with Gasteiger partial charge in [0.05, 0.1) is 11.8 Å². The maximum atomic E-state index is 11.5. The van der Waals surface area contributed by atoms with Gasteiger partial charge in [-0.2, -0.15) is 0 Å². The zero-order valence-corrected chi connectivity index (χ0v) is 10.8. The van der Waals surface area contributed by atoms with Crippen molar-refractivity contribution in [3.05, 3.63) is 41.1 Å². The van der Waals surface area contributed by atoms with Crippen LogP contribution in [0.5, 0.6) is 0 Å². The van der Waals surface area contributed by atoms with Crippen molar-refractivity contribution in [1.29, 1.82) is 0 Å². The molecule has 19 heavy (non-hydrogen) atoms. The fraction of sp³-hybridized carbons (Fsp3) is 0.231.